The van der Waals surface area contributed by atoms with Gasteiger partial charge in [-0.2, -0.15) is 0 Å². The van der Waals surface area contributed by atoms with Gasteiger partial charge in [0.05, 0.1) is 24.0 Å². The van der Waals surface area contributed by atoms with Crippen LogP contribution in [0.1, 0.15) is 24.4 Å². The van der Waals surface area contributed by atoms with E-state index in [0.717, 1.165) is 43.1 Å². The first-order chi connectivity index (χ1) is 11.3. The molecule has 1 aliphatic rings. The fourth-order valence-electron chi connectivity index (χ4n) is 2.93. The molecule has 5 nitrogen and oxygen atoms in total. The Hall–Kier alpha value is -1.98. The van der Waals surface area contributed by atoms with E-state index in [4.69, 9.17) is 9.15 Å². The van der Waals surface area contributed by atoms with Crippen LogP contribution in [-0.2, 0) is 17.9 Å². The van der Waals surface area contributed by atoms with Crippen molar-refractivity contribution in [1.82, 2.24) is 0 Å². The number of nitrogens with one attached hydrogen (secondary N) is 1. The number of rotatable bonds is 6. The van der Waals surface area contributed by atoms with Crippen LogP contribution >= 0.6 is 0 Å². The molecule has 0 radical (unpaired) electrons. The number of piperidine rings is 1. The Morgan fingerprint density at radius 1 is 1.17 bits per heavy atom. The maximum atomic E-state index is 9.68. The largest absolute Gasteiger partial charge is 0.462 e. The smallest absolute Gasteiger partial charge is 0.129 e. The quantitative estimate of drug-likeness (QED) is 0.858. The number of nitrogens with zero attached hydrogens (tertiary/aromatic N) is 1. The summed E-state index contributed by atoms with van der Waals surface area (Å²) in [5.41, 5.74) is 2.27. The Morgan fingerprint density at radius 2 is 1.91 bits per heavy atom. The molecule has 0 spiro atoms. The van der Waals surface area contributed by atoms with Crippen LogP contribution in [0.4, 0.5) is 11.4 Å². The zero-order valence-corrected chi connectivity index (χ0v) is 13.5. The molecule has 23 heavy (non-hydrogen) atoms. The molecule has 124 valence electrons. The highest BCUT2D eigenvalue weighted by molar-refractivity contribution is 5.70. The Morgan fingerprint density at radius 3 is 2.70 bits per heavy atom. The van der Waals surface area contributed by atoms with Gasteiger partial charge in [-0.3, -0.25) is 0 Å². The summed E-state index contributed by atoms with van der Waals surface area (Å²) < 4.78 is 10.8. The minimum atomic E-state index is -0.159. The highest BCUT2D eigenvalue weighted by Gasteiger charge is 2.19. The van der Waals surface area contributed by atoms with Crippen molar-refractivity contribution in [2.75, 3.05) is 30.4 Å². The second-order valence-corrected chi connectivity index (χ2v) is 5.89. The lowest BCUT2D eigenvalue weighted by Gasteiger charge is -2.32. The number of ether oxygens (including phenoxy) is 1. The number of para-hydroxylation sites is 2. The van der Waals surface area contributed by atoms with Crippen molar-refractivity contribution in [1.29, 1.82) is 0 Å². The van der Waals surface area contributed by atoms with Gasteiger partial charge < -0.3 is 24.5 Å². The van der Waals surface area contributed by atoms with Gasteiger partial charge in [-0.05, 0) is 37.1 Å². The average molecular weight is 316 g/mol. The van der Waals surface area contributed by atoms with E-state index in [1.165, 1.54) is 5.69 Å². The average Bonchev–Trinajstić information content (AvgIpc) is 3.02. The fraction of sp³-hybridized carbons (Fsp3) is 0.444. The van der Waals surface area contributed by atoms with E-state index in [9.17, 15) is 5.11 Å². The zero-order chi connectivity index (χ0) is 16.1. The highest BCUT2D eigenvalue weighted by atomic mass is 16.5. The summed E-state index contributed by atoms with van der Waals surface area (Å²) in [4.78, 5) is 2.33. The van der Waals surface area contributed by atoms with E-state index in [2.05, 4.69) is 28.4 Å². The first kappa shape index (κ1) is 15.9. The van der Waals surface area contributed by atoms with Crippen LogP contribution in [0.15, 0.2) is 40.8 Å². The molecule has 1 saturated heterocycles. The number of furan rings is 1. The summed E-state index contributed by atoms with van der Waals surface area (Å²) in [6.45, 7) is 2.90. The molecule has 2 N–H and O–H groups in total. The first-order valence-electron chi connectivity index (χ1n) is 8.08. The van der Waals surface area contributed by atoms with E-state index < -0.39 is 0 Å². The molecule has 1 aliphatic heterocycles. The van der Waals surface area contributed by atoms with Gasteiger partial charge in [-0.15, -0.1) is 0 Å². The molecule has 0 unspecified atom stereocenters. The van der Waals surface area contributed by atoms with Crippen LogP contribution < -0.4 is 10.2 Å². The van der Waals surface area contributed by atoms with Gasteiger partial charge in [0.25, 0.3) is 0 Å². The maximum absolute atomic E-state index is 9.68. The van der Waals surface area contributed by atoms with Crippen molar-refractivity contribution in [2.24, 2.45) is 0 Å². The van der Waals surface area contributed by atoms with Crippen molar-refractivity contribution >= 4 is 11.4 Å². The SMILES string of the molecule is COCc1ccc(CNc2ccccc2N2CCC(O)CC2)o1. The molecule has 1 aromatic carbocycles. The topological polar surface area (TPSA) is 57.9 Å². The molecule has 0 bridgehead atoms. The lowest BCUT2D eigenvalue weighted by atomic mass is 10.1. The van der Waals surface area contributed by atoms with Crippen LogP contribution in [-0.4, -0.2) is 31.4 Å². The van der Waals surface area contributed by atoms with Gasteiger partial charge in [-0.1, -0.05) is 12.1 Å². The van der Waals surface area contributed by atoms with Gasteiger partial charge in [0, 0.05) is 20.2 Å². The third-order valence-corrected chi connectivity index (χ3v) is 4.17. The predicted molar refractivity (Wildman–Crippen MR) is 90.6 cm³/mol. The van der Waals surface area contributed by atoms with Crippen molar-refractivity contribution in [3.63, 3.8) is 0 Å². The Balaban J connectivity index is 1.65. The van der Waals surface area contributed by atoms with Gasteiger partial charge in [0.15, 0.2) is 0 Å². The predicted octanol–water partition coefficient (Wildman–Crippen LogP) is 3.00. The van der Waals surface area contributed by atoms with E-state index in [1.807, 2.05) is 18.2 Å². The number of aliphatic hydroxyl groups is 1. The lowest BCUT2D eigenvalue weighted by Crippen LogP contribution is -2.36. The van der Waals surface area contributed by atoms with Crippen molar-refractivity contribution in [3.05, 3.63) is 47.9 Å². The van der Waals surface area contributed by atoms with Crippen molar-refractivity contribution in [3.8, 4) is 0 Å². The standard InChI is InChI=1S/C18H24N2O3/c1-22-13-16-7-6-15(23-16)12-19-17-4-2-3-5-18(17)20-10-8-14(21)9-11-20/h2-7,14,19,21H,8-13H2,1H3. The molecule has 1 aromatic heterocycles. The summed E-state index contributed by atoms with van der Waals surface area (Å²) in [5, 5.41) is 13.1. The highest BCUT2D eigenvalue weighted by Crippen LogP contribution is 2.28. The van der Waals surface area contributed by atoms with Crippen LogP contribution in [0.3, 0.4) is 0 Å². The number of aliphatic hydroxyl groups excluding tert-OH is 1. The molecular formula is C18H24N2O3. The van der Waals surface area contributed by atoms with E-state index in [0.29, 0.717) is 13.2 Å². The van der Waals surface area contributed by atoms with Crippen LogP contribution in [0, 0.1) is 0 Å². The molecule has 5 heteroatoms. The van der Waals surface area contributed by atoms with E-state index in [-0.39, 0.29) is 6.10 Å². The molecule has 2 aromatic rings. The molecule has 0 aliphatic carbocycles. The molecule has 0 atom stereocenters. The third-order valence-electron chi connectivity index (χ3n) is 4.17. The minimum Gasteiger partial charge on any atom is -0.462 e. The van der Waals surface area contributed by atoms with E-state index >= 15 is 0 Å². The Kier molecular flexibility index (Phi) is 5.20. The van der Waals surface area contributed by atoms with Gasteiger partial charge in [0.1, 0.15) is 18.1 Å². The summed E-state index contributed by atoms with van der Waals surface area (Å²) in [5.74, 6) is 1.73. The summed E-state index contributed by atoms with van der Waals surface area (Å²) in [6.07, 6.45) is 1.49. The lowest BCUT2D eigenvalue weighted by molar-refractivity contribution is 0.145. The monoisotopic (exact) mass is 316 g/mol. The fourth-order valence-corrected chi connectivity index (χ4v) is 2.93. The number of hydrogen-bond acceptors (Lipinski definition) is 5. The normalized spacial score (nSPS) is 15.8. The van der Waals surface area contributed by atoms with Gasteiger partial charge in [-0.25, -0.2) is 0 Å². The first-order valence-corrected chi connectivity index (χ1v) is 8.08. The van der Waals surface area contributed by atoms with E-state index in [1.54, 1.807) is 7.11 Å². The van der Waals surface area contributed by atoms with Crippen molar-refractivity contribution < 1.29 is 14.3 Å². The molecule has 3 rings (SSSR count). The molecule has 0 amide bonds. The second-order valence-electron chi connectivity index (χ2n) is 5.89. The molecule has 2 heterocycles. The molecular weight excluding hydrogens is 292 g/mol. The Bertz CT molecular complexity index is 618. The van der Waals surface area contributed by atoms with Crippen LogP contribution in [0.5, 0.6) is 0 Å². The number of hydrogen-bond donors (Lipinski definition) is 2. The van der Waals surface area contributed by atoms with Crippen LogP contribution in [0.25, 0.3) is 0 Å². The number of methoxy groups -OCH3 is 1. The number of benzene rings is 1. The van der Waals surface area contributed by atoms with Gasteiger partial charge in [0.2, 0.25) is 0 Å². The summed E-state index contributed by atoms with van der Waals surface area (Å²) >= 11 is 0. The third kappa shape index (κ3) is 4.06. The van der Waals surface area contributed by atoms with Gasteiger partial charge >= 0.3 is 0 Å². The minimum absolute atomic E-state index is 0.159. The second kappa shape index (κ2) is 7.53. The molecule has 1 fully saturated rings. The molecule has 0 saturated carbocycles. The summed E-state index contributed by atoms with van der Waals surface area (Å²) in [6, 6.07) is 12.2. The maximum Gasteiger partial charge on any atom is 0.129 e. The van der Waals surface area contributed by atoms with Crippen molar-refractivity contribution in [2.45, 2.75) is 32.1 Å². The Labute approximate surface area is 136 Å². The van der Waals surface area contributed by atoms with Crippen LogP contribution in [0.2, 0.25) is 0 Å². The summed E-state index contributed by atoms with van der Waals surface area (Å²) in [7, 11) is 1.66. The number of anilines is 2. The zero-order valence-electron chi connectivity index (χ0n) is 13.5.